The molecule has 2 aromatic rings. The Labute approximate surface area is 115 Å². The van der Waals surface area contributed by atoms with Gasteiger partial charge >= 0.3 is 0 Å². The maximum absolute atomic E-state index is 4.60. The first kappa shape index (κ1) is 12.2. The highest BCUT2D eigenvalue weighted by Crippen LogP contribution is 2.18. The SMILES string of the molecule is c1ccc(CCc2ccc(N3CCCC3)nc2)cc1. The molecule has 1 aromatic heterocycles. The van der Waals surface area contributed by atoms with Crippen molar-refractivity contribution in [2.45, 2.75) is 25.7 Å². The van der Waals surface area contributed by atoms with E-state index in [-0.39, 0.29) is 0 Å². The van der Waals surface area contributed by atoms with E-state index in [1.165, 1.54) is 24.0 Å². The molecule has 0 amide bonds. The molecule has 0 spiro atoms. The van der Waals surface area contributed by atoms with Gasteiger partial charge < -0.3 is 4.90 Å². The Morgan fingerprint density at radius 2 is 1.58 bits per heavy atom. The summed E-state index contributed by atoms with van der Waals surface area (Å²) in [6, 6.07) is 15.0. The first-order valence-electron chi connectivity index (χ1n) is 7.16. The lowest BCUT2D eigenvalue weighted by Gasteiger charge is -2.16. The lowest BCUT2D eigenvalue weighted by molar-refractivity contribution is 0.915. The smallest absolute Gasteiger partial charge is 0.128 e. The van der Waals surface area contributed by atoms with Crippen LogP contribution in [0.1, 0.15) is 24.0 Å². The number of hydrogen-bond donors (Lipinski definition) is 0. The molecule has 1 aromatic carbocycles. The van der Waals surface area contributed by atoms with Crippen LogP contribution in [0.25, 0.3) is 0 Å². The van der Waals surface area contributed by atoms with E-state index in [4.69, 9.17) is 0 Å². The van der Waals surface area contributed by atoms with E-state index in [0.717, 1.165) is 31.7 Å². The van der Waals surface area contributed by atoms with Crippen LogP contribution in [0.5, 0.6) is 0 Å². The summed E-state index contributed by atoms with van der Waals surface area (Å²) in [6.07, 6.45) is 6.80. The molecular formula is C17H20N2. The van der Waals surface area contributed by atoms with Gasteiger partial charge in [-0.25, -0.2) is 4.98 Å². The number of aryl methyl sites for hydroxylation is 2. The standard InChI is InChI=1S/C17H20N2/c1-2-6-15(7-3-1)8-9-16-10-11-17(18-14-16)19-12-4-5-13-19/h1-3,6-7,10-11,14H,4-5,8-9,12-13H2. The van der Waals surface area contributed by atoms with Gasteiger partial charge in [0.1, 0.15) is 5.82 Å². The molecule has 2 heteroatoms. The van der Waals surface area contributed by atoms with Crippen molar-refractivity contribution < 1.29 is 0 Å². The Kier molecular flexibility index (Phi) is 3.78. The van der Waals surface area contributed by atoms with Gasteiger partial charge in [-0.05, 0) is 42.9 Å². The van der Waals surface area contributed by atoms with Crippen LogP contribution in [0, 0.1) is 0 Å². The fourth-order valence-corrected chi connectivity index (χ4v) is 2.63. The highest BCUT2D eigenvalue weighted by atomic mass is 15.2. The van der Waals surface area contributed by atoms with Crippen molar-refractivity contribution in [3.63, 3.8) is 0 Å². The second-order valence-electron chi connectivity index (χ2n) is 5.20. The minimum atomic E-state index is 1.07. The number of anilines is 1. The zero-order valence-electron chi connectivity index (χ0n) is 11.3. The predicted octanol–water partition coefficient (Wildman–Crippen LogP) is 3.47. The summed E-state index contributed by atoms with van der Waals surface area (Å²) in [6.45, 7) is 2.33. The molecule has 1 aliphatic rings. The second-order valence-corrected chi connectivity index (χ2v) is 5.20. The maximum Gasteiger partial charge on any atom is 0.128 e. The molecule has 0 radical (unpaired) electrons. The second kappa shape index (κ2) is 5.87. The van der Waals surface area contributed by atoms with Crippen LogP contribution in [-0.4, -0.2) is 18.1 Å². The van der Waals surface area contributed by atoms with Crippen molar-refractivity contribution in [3.8, 4) is 0 Å². The molecule has 1 saturated heterocycles. The molecule has 0 saturated carbocycles. The molecule has 0 unspecified atom stereocenters. The number of pyridine rings is 1. The molecule has 98 valence electrons. The molecular weight excluding hydrogens is 232 g/mol. The van der Waals surface area contributed by atoms with Gasteiger partial charge in [0.25, 0.3) is 0 Å². The van der Waals surface area contributed by atoms with E-state index >= 15 is 0 Å². The number of benzene rings is 1. The van der Waals surface area contributed by atoms with E-state index in [9.17, 15) is 0 Å². The molecule has 0 bridgehead atoms. The molecule has 1 aliphatic heterocycles. The van der Waals surface area contributed by atoms with Gasteiger partial charge in [0.2, 0.25) is 0 Å². The van der Waals surface area contributed by atoms with Gasteiger partial charge in [0, 0.05) is 19.3 Å². The van der Waals surface area contributed by atoms with Crippen molar-refractivity contribution in [2.24, 2.45) is 0 Å². The molecule has 0 aliphatic carbocycles. The van der Waals surface area contributed by atoms with E-state index in [1.54, 1.807) is 0 Å². The normalized spacial score (nSPS) is 14.8. The summed E-state index contributed by atoms with van der Waals surface area (Å²) in [7, 11) is 0. The van der Waals surface area contributed by atoms with Gasteiger partial charge in [-0.2, -0.15) is 0 Å². The topological polar surface area (TPSA) is 16.1 Å². The Hall–Kier alpha value is -1.83. The average molecular weight is 252 g/mol. The van der Waals surface area contributed by atoms with Crippen LogP contribution in [0.4, 0.5) is 5.82 Å². The average Bonchev–Trinajstić information content (AvgIpc) is 3.01. The van der Waals surface area contributed by atoms with E-state index in [1.807, 2.05) is 6.20 Å². The van der Waals surface area contributed by atoms with Crippen molar-refractivity contribution in [3.05, 3.63) is 59.8 Å². The summed E-state index contributed by atoms with van der Waals surface area (Å²) in [4.78, 5) is 6.97. The third-order valence-electron chi connectivity index (χ3n) is 3.78. The quantitative estimate of drug-likeness (QED) is 0.828. The largest absolute Gasteiger partial charge is 0.357 e. The number of rotatable bonds is 4. The highest BCUT2D eigenvalue weighted by Gasteiger charge is 2.12. The summed E-state index contributed by atoms with van der Waals surface area (Å²) in [5, 5.41) is 0. The molecule has 0 atom stereocenters. The number of nitrogens with zero attached hydrogens (tertiary/aromatic N) is 2. The zero-order valence-corrected chi connectivity index (χ0v) is 11.3. The summed E-state index contributed by atoms with van der Waals surface area (Å²) in [5.41, 5.74) is 2.72. The summed E-state index contributed by atoms with van der Waals surface area (Å²) < 4.78 is 0. The summed E-state index contributed by atoms with van der Waals surface area (Å²) in [5.74, 6) is 1.14. The van der Waals surface area contributed by atoms with Gasteiger partial charge in [0.05, 0.1) is 0 Å². The third-order valence-corrected chi connectivity index (χ3v) is 3.78. The Bertz CT molecular complexity index is 499. The minimum absolute atomic E-state index is 1.07. The monoisotopic (exact) mass is 252 g/mol. The van der Waals surface area contributed by atoms with Gasteiger partial charge in [-0.15, -0.1) is 0 Å². The first-order valence-corrected chi connectivity index (χ1v) is 7.16. The fourth-order valence-electron chi connectivity index (χ4n) is 2.63. The third kappa shape index (κ3) is 3.14. The Morgan fingerprint density at radius 3 is 2.26 bits per heavy atom. The van der Waals surface area contributed by atoms with E-state index in [0.29, 0.717) is 0 Å². The Morgan fingerprint density at radius 1 is 0.842 bits per heavy atom. The zero-order chi connectivity index (χ0) is 12.9. The van der Waals surface area contributed by atoms with Gasteiger partial charge in [-0.3, -0.25) is 0 Å². The summed E-state index contributed by atoms with van der Waals surface area (Å²) >= 11 is 0. The van der Waals surface area contributed by atoms with Crippen molar-refractivity contribution in [1.82, 2.24) is 4.98 Å². The predicted molar refractivity (Wildman–Crippen MR) is 79.5 cm³/mol. The minimum Gasteiger partial charge on any atom is -0.357 e. The van der Waals surface area contributed by atoms with Crippen LogP contribution in [0.3, 0.4) is 0 Å². The molecule has 0 N–H and O–H groups in total. The van der Waals surface area contributed by atoms with E-state index < -0.39 is 0 Å². The molecule has 3 rings (SSSR count). The lowest BCUT2D eigenvalue weighted by Crippen LogP contribution is -2.18. The number of hydrogen-bond acceptors (Lipinski definition) is 2. The van der Waals surface area contributed by atoms with Crippen molar-refractivity contribution in [2.75, 3.05) is 18.0 Å². The fraction of sp³-hybridized carbons (Fsp3) is 0.353. The first-order chi connectivity index (χ1) is 9.42. The van der Waals surface area contributed by atoms with Crippen LogP contribution in [-0.2, 0) is 12.8 Å². The molecule has 19 heavy (non-hydrogen) atoms. The van der Waals surface area contributed by atoms with Gasteiger partial charge in [0.15, 0.2) is 0 Å². The van der Waals surface area contributed by atoms with Crippen LogP contribution < -0.4 is 4.90 Å². The lowest BCUT2D eigenvalue weighted by atomic mass is 10.1. The van der Waals surface area contributed by atoms with Crippen molar-refractivity contribution >= 4 is 5.82 Å². The molecule has 1 fully saturated rings. The van der Waals surface area contributed by atoms with Crippen molar-refractivity contribution in [1.29, 1.82) is 0 Å². The Balaban J connectivity index is 1.60. The van der Waals surface area contributed by atoms with Crippen LogP contribution >= 0.6 is 0 Å². The molecule has 2 heterocycles. The maximum atomic E-state index is 4.60. The van der Waals surface area contributed by atoms with Crippen LogP contribution in [0.15, 0.2) is 48.7 Å². The van der Waals surface area contributed by atoms with Crippen LogP contribution in [0.2, 0.25) is 0 Å². The van der Waals surface area contributed by atoms with Gasteiger partial charge in [-0.1, -0.05) is 36.4 Å². The molecule has 2 nitrogen and oxygen atoms in total. The number of aromatic nitrogens is 1. The van der Waals surface area contributed by atoms with E-state index in [2.05, 4.69) is 52.3 Å². The highest BCUT2D eigenvalue weighted by molar-refractivity contribution is 5.40.